The third-order valence-corrected chi connectivity index (χ3v) is 6.88. The number of morpholine rings is 1. The van der Waals surface area contributed by atoms with Crippen LogP contribution >= 0.6 is 0 Å². The van der Waals surface area contributed by atoms with Crippen LogP contribution in [0.4, 0.5) is 18.9 Å². The molecule has 0 aromatic heterocycles. The maximum atomic E-state index is 13.4. The number of halogens is 3. The van der Waals surface area contributed by atoms with Crippen molar-refractivity contribution in [2.45, 2.75) is 51.1 Å². The van der Waals surface area contributed by atoms with Gasteiger partial charge in [0.15, 0.2) is 0 Å². The fourth-order valence-corrected chi connectivity index (χ4v) is 5.56. The standard InChI is InChI=1S/C21H22F3N3O4/c1-11(2)27(30)9-19(3)15-16(20(4,10-27)31-19)18(29)26(17(15)28)13-6-5-12(8-25)14(7-13)21(22,23)24/h5-7,11,15-16H,9-10H2,1-4H3/t15-,16+,19-,20+,27?. The van der Waals surface area contributed by atoms with Gasteiger partial charge in [-0.2, -0.15) is 18.4 Å². The molecule has 2 bridgehead atoms. The predicted octanol–water partition coefficient (Wildman–Crippen LogP) is 2.97. The Bertz CT molecular complexity index is 998. The highest BCUT2D eigenvalue weighted by atomic mass is 19.4. The fraction of sp³-hybridized carbons (Fsp3) is 0.571. The summed E-state index contributed by atoms with van der Waals surface area (Å²) in [7, 11) is 0. The summed E-state index contributed by atoms with van der Waals surface area (Å²) in [5, 5.41) is 22.4. The maximum absolute atomic E-state index is 13.4. The number of alkyl halides is 3. The van der Waals surface area contributed by atoms with Crippen LogP contribution in [0.1, 0.15) is 38.8 Å². The number of anilines is 1. The molecule has 1 aromatic carbocycles. The lowest BCUT2D eigenvalue weighted by atomic mass is 9.79. The average Bonchev–Trinajstić information content (AvgIpc) is 3.00. The molecule has 3 fully saturated rings. The fourth-order valence-electron chi connectivity index (χ4n) is 5.56. The number of likely N-dealkylation sites (tertiary alicyclic amines) is 1. The smallest absolute Gasteiger partial charge is 0.417 e. The number of imide groups is 1. The number of nitriles is 1. The van der Waals surface area contributed by atoms with Crippen molar-refractivity contribution in [1.29, 1.82) is 5.26 Å². The van der Waals surface area contributed by atoms with Gasteiger partial charge in [-0.3, -0.25) is 9.59 Å². The zero-order chi connectivity index (χ0) is 23.1. The van der Waals surface area contributed by atoms with Gasteiger partial charge in [0, 0.05) is 0 Å². The van der Waals surface area contributed by atoms with Crippen molar-refractivity contribution in [3.63, 3.8) is 0 Å². The number of hydroxylamine groups is 3. The van der Waals surface area contributed by atoms with Gasteiger partial charge in [0.1, 0.15) is 24.3 Å². The molecule has 7 nitrogen and oxygen atoms in total. The summed E-state index contributed by atoms with van der Waals surface area (Å²) in [4.78, 5) is 27.5. The van der Waals surface area contributed by atoms with Crippen molar-refractivity contribution in [1.82, 2.24) is 0 Å². The molecule has 0 aliphatic carbocycles. The Kier molecular flexibility index (Phi) is 4.40. The second-order valence-corrected chi connectivity index (χ2v) is 9.40. The van der Waals surface area contributed by atoms with Crippen LogP contribution in [0, 0.1) is 28.4 Å². The molecular formula is C21H22F3N3O4. The van der Waals surface area contributed by atoms with E-state index in [0.717, 1.165) is 17.0 Å². The van der Waals surface area contributed by atoms with Crippen molar-refractivity contribution in [2.24, 2.45) is 11.8 Å². The van der Waals surface area contributed by atoms with Crippen molar-refractivity contribution >= 4 is 17.5 Å². The highest BCUT2D eigenvalue weighted by Gasteiger charge is 2.74. The molecule has 166 valence electrons. The lowest BCUT2D eigenvalue weighted by Crippen LogP contribution is -2.67. The van der Waals surface area contributed by atoms with Crippen molar-refractivity contribution in [3.05, 3.63) is 34.5 Å². The van der Waals surface area contributed by atoms with Gasteiger partial charge in [-0.25, -0.2) is 4.90 Å². The van der Waals surface area contributed by atoms with Crippen LogP contribution in [-0.2, 0) is 20.5 Å². The predicted molar refractivity (Wildman–Crippen MR) is 102 cm³/mol. The SMILES string of the molecule is CC(C)[N+]1([O-])C[C@@]2(C)O[C@@](C)(C1)[C@@H]1C(=O)N(c3ccc(C#N)c(C(F)(F)F)c3)C(=O)[C@@H]12. The molecule has 3 heterocycles. The summed E-state index contributed by atoms with van der Waals surface area (Å²) in [5.41, 5.74) is -4.49. The number of quaternary nitrogens is 1. The molecule has 31 heavy (non-hydrogen) atoms. The quantitative estimate of drug-likeness (QED) is 0.403. The molecule has 0 radical (unpaired) electrons. The lowest BCUT2D eigenvalue weighted by Gasteiger charge is -2.56. The Labute approximate surface area is 177 Å². The molecule has 5 atom stereocenters. The number of benzene rings is 1. The monoisotopic (exact) mass is 437 g/mol. The minimum Gasteiger partial charge on any atom is -0.632 e. The summed E-state index contributed by atoms with van der Waals surface area (Å²) in [6.07, 6.45) is -4.82. The Morgan fingerprint density at radius 3 is 2.13 bits per heavy atom. The molecule has 1 unspecified atom stereocenters. The number of hydrogen-bond acceptors (Lipinski definition) is 5. The Morgan fingerprint density at radius 2 is 1.71 bits per heavy atom. The summed E-state index contributed by atoms with van der Waals surface area (Å²) < 4.78 is 45.7. The third-order valence-electron chi connectivity index (χ3n) is 6.88. The summed E-state index contributed by atoms with van der Waals surface area (Å²) in [6, 6.07) is 3.93. The van der Waals surface area contributed by atoms with E-state index in [1.54, 1.807) is 27.7 Å². The summed E-state index contributed by atoms with van der Waals surface area (Å²) in [5.74, 6) is -3.31. The van der Waals surface area contributed by atoms with Gasteiger partial charge in [0.2, 0.25) is 11.8 Å². The minimum atomic E-state index is -4.82. The first-order valence-electron chi connectivity index (χ1n) is 9.94. The van der Waals surface area contributed by atoms with Crippen molar-refractivity contribution < 1.29 is 32.1 Å². The van der Waals surface area contributed by atoms with Gasteiger partial charge in [-0.1, -0.05) is 0 Å². The van der Waals surface area contributed by atoms with Crippen LogP contribution in [-0.4, -0.2) is 46.8 Å². The average molecular weight is 437 g/mol. The van der Waals surface area contributed by atoms with Crippen LogP contribution in [0.25, 0.3) is 0 Å². The number of carbonyl (C=O) groups is 2. The first-order chi connectivity index (χ1) is 14.2. The van der Waals surface area contributed by atoms with Gasteiger partial charge < -0.3 is 14.6 Å². The van der Waals surface area contributed by atoms with Crippen molar-refractivity contribution in [3.8, 4) is 6.07 Å². The van der Waals surface area contributed by atoms with Gasteiger partial charge in [0.05, 0.1) is 40.8 Å². The van der Waals surface area contributed by atoms with E-state index >= 15 is 0 Å². The molecule has 1 aromatic rings. The van der Waals surface area contributed by atoms with Gasteiger partial charge >= 0.3 is 6.18 Å². The molecule has 4 rings (SSSR count). The maximum Gasteiger partial charge on any atom is 0.417 e. The first-order valence-corrected chi connectivity index (χ1v) is 9.94. The van der Waals surface area contributed by atoms with Crippen LogP contribution in [0.3, 0.4) is 0 Å². The third kappa shape index (κ3) is 2.91. The van der Waals surface area contributed by atoms with Crippen LogP contribution < -0.4 is 4.90 Å². The highest BCUT2D eigenvalue weighted by molar-refractivity contribution is 6.23. The van der Waals surface area contributed by atoms with Gasteiger partial charge in [0.25, 0.3) is 0 Å². The molecule has 2 amide bonds. The number of fused-ring (bicyclic) bond motifs is 5. The normalized spacial score (nSPS) is 37.4. The lowest BCUT2D eigenvalue weighted by molar-refractivity contribution is -0.922. The molecule has 0 saturated carbocycles. The summed E-state index contributed by atoms with van der Waals surface area (Å²) >= 11 is 0. The highest BCUT2D eigenvalue weighted by Crippen LogP contribution is 2.57. The molecule has 10 heteroatoms. The molecule has 3 aliphatic heterocycles. The topological polar surface area (TPSA) is 93.5 Å². The van der Waals surface area contributed by atoms with Crippen LogP contribution in [0.5, 0.6) is 0 Å². The second-order valence-electron chi connectivity index (χ2n) is 9.40. The van der Waals surface area contributed by atoms with E-state index in [-0.39, 0.29) is 24.8 Å². The Morgan fingerprint density at radius 1 is 1.19 bits per heavy atom. The van der Waals surface area contributed by atoms with E-state index < -0.39 is 56.8 Å². The van der Waals surface area contributed by atoms with E-state index in [4.69, 9.17) is 10.00 Å². The van der Waals surface area contributed by atoms with Gasteiger partial charge in [-0.05, 0) is 45.9 Å². The molecule has 0 N–H and O–H groups in total. The number of hydrogen-bond donors (Lipinski definition) is 0. The van der Waals surface area contributed by atoms with E-state index in [2.05, 4.69) is 0 Å². The zero-order valence-electron chi connectivity index (χ0n) is 17.5. The minimum absolute atomic E-state index is 0.0323. The number of amides is 2. The number of carbonyl (C=O) groups excluding carboxylic acids is 2. The zero-order valence-corrected chi connectivity index (χ0v) is 17.5. The van der Waals surface area contributed by atoms with Crippen molar-refractivity contribution in [2.75, 3.05) is 18.0 Å². The molecular weight excluding hydrogens is 415 g/mol. The summed E-state index contributed by atoms with van der Waals surface area (Å²) in [6.45, 7) is 6.72. The molecule has 3 saturated heterocycles. The Hall–Kier alpha value is -2.48. The van der Waals surface area contributed by atoms with E-state index in [1.165, 1.54) is 6.07 Å². The second kappa shape index (κ2) is 6.28. The number of nitrogens with zero attached hydrogens (tertiary/aromatic N) is 3. The molecule has 0 spiro atoms. The molecule has 3 aliphatic rings. The van der Waals surface area contributed by atoms with E-state index in [0.29, 0.717) is 6.07 Å². The number of rotatable bonds is 2. The largest absolute Gasteiger partial charge is 0.632 e. The number of ether oxygens (including phenoxy) is 1. The van der Waals surface area contributed by atoms with Crippen LogP contribution in [0.2, 0.25) is 0 Å². The van der Waals surface area contributed by atoms with Gasteiger partial charge in [-0.15, -0.1) is 0 Å². The van der Waals surface area contributed by atoms with Crippen LogP contribution in [0.15, 0.2) is 18.2 Å². The first kappa shape index (κ1) is 21.7. The Balaban J connectivity index is 1.79. The van der Waals surface area contributed by atoms with E-state index in [9.17, 15) is 28.0 Å². The van der Waals surface area contributed by atoms with E-state index in [1.807, 2.05) is 0 Å².